The summed E-state index contributed by atoms with van der Waals surface area (Å²) < 4.78 is 5.25. The Balaban J connectivity index is 2.22. The molecule has 4 N–H and O–H groups in total. The molecule has 1 atom stereocenters. The van der Waals surface area contributed by atoms with Crippen molar-refractivity contribution in [3.63, 3.8) is 0 Å². The van der Waals surface area contributed by atoms with Crippen molar-refractivity contribution in [3.8, 4) is 17.1 Å². The minimum Gasteiger partial charge on any atom is -0.507 e. The number of halogens is 1. The zero-order chi connectivity index (χ0) is 22.5. The number of anilines is 1. The Morgan fingerprint density at radius 1 is 1.23 bits per heavy atom. The molecule has 2 aromatic rings. The lowest BCUT2D eigenvalue weighted by atomic mass is 10.2. The highest BCUT2D eigenvalue weighted by Gasteiger charge is 2.20. The Labute approximate surface area is 179 Å². The van der Waals surface area contributed by atoms with E-state index >= 15 is 0 Å². The number of aromatic hydroxyl groups is 1. The van der Waals surface area contributed by atoms with Crippen LogP contribution >= 0.6 is 11.6 Å². The van der Waals surface area contributed by atoms with Crippen LogP contribution in [-0.4, -0.2) is 50.4 Å². The molecule has 1 aromatic carbocycles. The first-order chi connectivity index (χ1) is 14.0. The first-order valence-corrected chi connectivity index (χ1v) is 9.71. The molecule has 0 aliphatic rings. The third-order valence-corrected chi connectivity index (χ3v) is 4.12. The van der Waals surface area contributed by atoms with Gasteiger partial charge in [0.15, 0.2) is 11.5 Å². The number of amides is 1. The van der Waals surface area contributed by atoms with Crippen molar-refractivity contribution in [2.24, 2.45) is 0 Å². The molecule has 0 aliphatic carbocycles. The van der Waals surface area contributed by atoms with Crippen LogP contribution in [-0.2, 0) is 4.74 Å². The maximum absolute atomic E-state index is 12.0. The minimum absolute atomic E-state index is 0.00514. The fourth-order valence-corrected chi connectivity index (χ4v) is 2.63. The third kappa shape index (κ3) is 6.77. The molecule has 10 heteroatoms. The molecule has 1 aromatic heterocycles. The van der Waals surface area contributed by atoms with Gasteiger partial charge >= 0.3 is 12.1 Å². The molecule has 0 radical (unpaired) electrons. The average Bonchev–Trinajstić information content (AvgIpc) is 2.65. The quantitative estimate of drug-likeness (QED) is 0.513. The predicted molar refractivity (Wildman–Crippen MR) is 113 cm³/mol. The summed E-state index contributed by atoms with van der Waals surface area (Å²) in [6.07, 6.45) is 0.0556. The second-order valence-corrected chi connectivity index (χ2v) is 8.00. The van der Waals surface area contributed by atoms with Crippen molar-refractivity contribution in [2.75, 3.05) is 11.9 Å². The summed E-state index contributed by atoms with van der Waals surface area (Å²) in [5, 5.41) is 25.6. The molecule has 2 rings (SSSR count). The lowest BCUT2D eigenvalue weighted by Gasteiger charge is -2.23. The van der Waals surface area contributed by atoms with Crippen molar-refractivity contribution in [1.82, 2.24) is 15.3 Å². The number of carboxylic acid groups (broad SMARTS) is 1. The van der Waals surface area contributed by atoms with Crippen LogP contribution < -0.4 is 10.6 Å². The number of phenols is 1. The van der Waals surface area contributed by atoms with Gasteiger partial charge in [-0.2, -0.15) is 0 Å². The number of ether oxygens (including phenoxy) is 1. The summed E-state index contributed by atoms with van der Waals surface area (Å²) in [4.78, 5) is 31.7. The molecule has 0 fully saturated rings. The van der Waals surface area contributed by atoms with Gasteiger partial charge in [0.25, 0.3) is 0 Å². The summed E-state index contributed by atoms with van der Waals surface area (Å²) in [7, 11) is 0. The van der Waals surface area contributed by atoms with E-state index in [1.165, 1.54) is 24.3 Å². The SMILES string of the molecule is CC[C@@H](CNc1cc(C(=O)O)nc(-c2cc(Cl)ccc2O)n1)NC(=O)OC(C)(C)C. The predicted octanol–water partition coefficient (Wildman–Crippen LogP) is 3.92. The van der Waals surface area contributed by atoms with Gasteiger partial charge in [-0.15, -0.1) is 0 Å². The van der Waals surface area contributed by atoms with Crippen LogP contribution in [0.2, 0.25) is 5.02 Å². The highest BCUT2D eigenvalue weighted by molar-refractivity contribution is 6.30. The van der Waals surface area contributed by atoms with Gasteiger partial charge < -0.3 is 25.6 Å². The van der Waals surface area contributed by atoms with Crippen LogP contribution in [0.1, 0.15) is 44.6 Å². The Morgan fingerprint density at radius 2 is 1.93 bits per heavy atom. The van der Waals surface area contributed by atoms with E-state index in [2.05, 4.69) is 20.6 Å². The summed E-state index contributed by atoms with van der Waals surface area (Å²) in [5.74, 6) is -1.15. The monoisotopic (exact) mass is 436 g/mol. The number of carbonyl (C=O) groups excluding carboxylic acids is 1. The minimum atomic E-state index is -1.25. The Kier molecular flexibility index (Phi) is 7.44. The lowest BCUT2D eigenvalue weighted by Crippen LogP contribution is -2.42. The van der Waals surface area contributed by atoms with E-state index in [1.807, 2.05) is 6.92 Å². The molecule has 0 bridgehead atoms. The van der Waals surface area contributed by atoms with Crippen LogP contribution in [0.15, 0.2) is 24.3 Å². The van der Waals surface area contributed by atoms with E-state index in [1.54, 1.807) is 20.8 Å². The van der Waals surface area contributed by atoms with Crippen molar-refractivity contribution in [2.45, 2.75) is 45.8 Å². The van der Waals surface area contributed by atoms with E-state index in [0.29, 0.717) is 11.4 Å². The number of aromatic nitrogens is 2. The number of hydrogen-bond acceptors (Lipinski definition) is 7. The van der Waals surface area contributed by atoms with E-state index < -0.39 is 17.7 Å². The van der Waals surface area contributed by atoms with Crippen LogP contribution in [0, 0.1) is 0 Å². The van der Waals surface area contributed by atoms with Gasteiger partial charge in [0.2, 0.25) is 0 Å². The summed E-state index contributed by atoms with van der Waals surface area (Å²) >= 11 is 5.97. The number of benzene rings is 1. The first kappa shape index (κ1) is 23.2. The maximum atomic E-state index is 12.0. The largest absolute Gasteiger partial charge is 0.507 e. The fourth-order valence-electron chi connectivity index (χ4n) is 2.45. The molecule has 1 heterocycles. The number of nitrogens with one attached hydrogen (secondary N) is 2. The second-order valence-electron chi connectivity index (χ2n) is 7.56. The maximum Gasteiger partial charge on any atom is 0.407 e. The third-order valence-electron chi connectivity index (χ3n) is 3.89. The smallest absolute Gasteiger partial charge is 0.407 e. The van der Waals surface area contributed by atoms with Gasteiger partial charge in [-0.3, -0.25) is 0 Å². The molecule has 0 unspecified atom stereocenters. The van der Waals surface area contributed by atoms with Gasteiger partial charge in [0.05, 0.1) is 5.56 Å². The number of alkyl carbamates (subject to hydrolysis) is 1. The highest BCUT2D eigenvalue weighted by atomic mass is 35.5. The average molecular weight is 437 g/mol. The fraction of sp³-hybridized carbons (Fsp3) is 0.400. The summed E-state index contributed by atoms with van der Waals surface area (Å²) in [6, 6.07) is 5.30. The second kappa shape index (κ2) is 9.62. The molecule has 162 valence electrons. The van der Waals surface area contributed by atoms with Crippen LogP contribution in [0.5, 0.6) is 5.75 Å². The number of carboxylic acids is 1. The molecule has 9 nitrogen and oxygen atoms in total. The van der Waals surface area contributed by atoms with E-state index in [9.17, 15) is 19.8 Å². The molecule has 1 amide bonds. The Morgan fingerprint density at radius 3 is 2.53 bits per heavy atom. The number of hydrogen-bond donors (Lipinski definition) is 4. The van der Waals surface area contributed by atoms with Crippen LogP contribution in [0.25, 0.3) is 11.4 Å². The lowest BCUT2D eigenvalue weighted by molar-refractivity contribution is 0.0505. The molecular weight excluding hydrogens is 412 g/mol. The molecule has 0 saturated carbocycles. The number of nitrogens with zero attached hydrogens (tertiary/aromatic N) is 2. The Hall–Kier alpha value is -3.07. The highest BCUT2D eigenvalue weighted by Crippen LogP contribution is 2.30. The van der Waals surface area contributed by atoms with Gasteiger partial charge in [-0.1, -0.05) is 18.5 Å². The number of phenolic OH excluding ortho intramolecular Hbond substituents is 1. The van der Waals surface area contributed by atoms with E-state index in [4.69, 9.17) is 16.3 Å². The summed E-state index contributed by atoms with van der Waals surface area (Å²) in [6.45, 7) is 7.47. The van der Waals surface area contributed by atoms with Crippen molar-refractivity contribution in [1.29, 1.82) is 0 Å². The zero-order valence-corrected chi connectivity index (χ0v) is 17.9. The molecule has 0 spiro atoms. The van der Waals surface area contributed by atoms with Crippen molar-refractivity contribution >= 4 is 29.5 Å². The molecule has 0 saturated heterocycles. The zero-order valence-electron chi connectivity index (χ0n) is 17.2. The molecular formula is C20H25ClN4O5. The van der Waals surface area contributed by atoms with Crippen molar-refractivity contribution < 1.29 is 24.5 Å². The summed E-state index contributed by atoms with van der Waals surface area (Å²) in [5.41, 5.74) is -0.671. The molecule has 30 heavy (non-hydrogen) atoms. The molecule has 0 aliphatic heterocycles. The topological polar surface area (TPSA) is 134 Å². The normalized spacial score (nSPS) is 12.2. The number of rotatable bonds is 7. The van der Waals surface area contributed by atoms with Gasteiger partial charge in [-0.05, 0) is 45.4 Å². The van der Waals surface area contributed by atoms with Crippen LogP contribution in [0.4, 0.5) is 10.6 Å². The number of carbonyl (C=O) groups is 2. The number of aromatic carboxylic acids is 1. The van der Waals surface area contributed by atoms with Gasteiger partial charge in [0, 0.05) is 23.7 Å². The van der Waals surface area contributed by atoms with Gasteiger partial charge in [-0.25, -0.2) is 19.6 Å². The Bertz CT molecular complexity index is 930. The first-order valence-electron chi connectivity index (χ1n) is 9.33. The van der Waals surface area contributed by atoms with Crippen LogP contribution in [0.3, 0.4) is 0 Å². The van der Waals surface area contributed by atoms with E-state index in [0.717, 1.165) is 0 Å². The van der Waals surface area contributed by atoms with Crippen molar-refractivity contribution in [3.05, 3.63) is 35.0 Å². The van der Waals surface area contributed by atoms with Gasteiger partial charge in [0.1, 0.15) is 17.2 Å². The van der Waals surface area contributed by atoms with E-state index in [-0.39, 0.29) is 41.2 Å². The standard InChI is InChI=1S/C20H25ClN4O5/c1-5-12(23-19(29)30-20(2,3)4)10-22-16-9-14(18(27)28)24-17(25-16)13-8-11(21)6-7-15(13)26/h6-9,12,26H,5,10H2,1-4H3,(H,23,29)(H,27,28)(H,22,24,25)/t12-/m0/s1.